The molecule has 0 aromatic carbocycles. The summed E-state index contributed by atoms with van der Waals surface area (Å²) in [7, 11) is 0. The van der Waals surface area contributed by atoms with Gasteiger partial charge < -0.3 is 14.2 Å². The van der Waals surface area contributed by atoms with Crippen LogP contribution in [-0.4, -0.2) is 37.9 Å². The molecule has 5 heteroatoms. The molecule has 0 fully saturated rings. The van der Waals surface area contributed by atoms with Gasteiger partial charge in [-0.3, -0.25) is 9.59 Å². The summed E-state index contributed by atoms with van der Waals surface area (Å²) in [6, 6.07) is 0. The van der Waals surface area contributed by atoms with Crippen LogP contribution in [0.4, 0.5) is 0 Å². The molecule has 0 radical (unpaired) electrons. The van der Waals surface area contributed by atoms with Gasteiger partial charge in [0.25, 0.3) is 0 Å². The van der Waals surface area contributed by atoms with Crippen LogP contribution in [0.1, 0.15) is 239 Å². The monoisotopic (exact) mass is 837 g/mol. The molecule has 0 amide bonds. The Morgan fingerprint density at radius 2 is 0.733 bits per heavy atom. The number of carbonyl (C=O) groups excluding carboxylic acids is 2. The fraction of sp³-hybridized carbons (Fsp3) is 0.745. The molecular formula is C55H96O5. The van der Waals surface area contributed by atoms with Crippen LogP contribution in [0.2, 0.25) is 0 Å². The Hall–Kier alpha value is -2.66. The van der Waals surface area contributed by atoms with Crippen LogP contribution in [0, 0.1) is 0 Å². The maximum absolute atomic E-state index is 12.7. The van der Waals surface area contributed by atoms with Crippen molar-refractivity contribution in [3.05, 3.63) is 72.9 Å². The van der Waals surface area contributed by atoms with Gasteiger partial charge in [-0.25, -0.2) is 0 Å². The van der Waals surface area contributed by atoms with Gasteiger partial charge in [0.05, 0.1) is 6.61 Å². The predicted molar refractivity (Wildman–Crippen MR) is 260 cm³/mol. The lowest BCUT2D eigenvalue weighted by molar-refractivity contribution is -0.163. The molecule has 0 aliphatic rings. The van der Waals surface area contributed by atoms with E-state index in [1.807, 2.05) is 0 Å². The third-order valence-electron chi connectivity index (χ3n) is 10.8. The molecule has 5 nitrogen and oxygen atoms in total. The zero-order valence-electron chi connectivity index (χ0n) is 39.7. The minimum atomic E-state index is -0.563. The van der Waals surface area contributed by atoms with Gasteiger partial charge in [0.1, 0.15) is 6.61 Å². The van der Waals surface area contributed by atoms with Crippen LogP contribution in [0.25, 0.3) is 0 Å². The fourth-order valence-electron chi connectivity index (χ4n) is 7.00. The molecule has 346 valence electrons. The molecule has 1 atom stereocenters. The van der Waals surface area contributed by atoms with Gasteiger partial charge in [-0.1, -0.05) is 235 Å². The van der Waals surface area contributed by atoms with E-state index in [1.165, 1.54) is 128 Å². The number of hydrogen-bond acceptors (Lipinski definition) is 5. The molecule has 0 aromatic rings. The Morgan fingerprint density at radius 1 is 0.383 bits per heavy atom. The second-order valence-corrected chi connectivity index (χ2v) is 16.7. The highest BCUT2D eigenvalue weighted by atomic mass is 16.6. The summed E-state index contributed by atoms with van der Waals surface area (Å²) in [5, 5.41) is 0. The Bertz CT molecular complexity index is 1080. The Kier molecular flexibility index (Phi) is 48.4. The topological polar surface area (TPSA) is 61.8 Å². The second kappa shape index (κ2) is 50.7. The first kappa shape index (κ1) is 57.3. The summed E-state index contributed by atoms with van der Waals surface area (Å²) in [6.07, 6.45) is 64.9. The largest absolute Gasteiger partial charge is 0.462 e. The zero-order chi connectivity index (χ0) is 43.5. The lowest BCUT2D eigenvalue weighted by atomic mass is 10.0. The maximum Gasteiger partial charge on any atom is 0.306 e. The molecule has 0 N–H and O–H groups in total. The Labute approximate surface area is 372 Å². The molecule has 0 bridgehead atoms. The fourth-order valence-corrected chi connectivity index (χ4v) is 7.00. The minimum Gasteiger partial charge on any atom is -0.462 e. The van der Waals surface area contributed by atoms with E-state index in [4.69, 9.17) is 14.2 Å². The lowest BCUT2D eigenvalue weighted by Gasteiger charge is -2.18. The maximum atomic E-state index is 12.7. The molecule has 0 heterocycles. The first-order valence-electron chi connectivity index (χ1n) is 25.5. The number of allylic oxidation sites excluding steroid dienone is 12. The SMILES string of the molecule is CC/C=C\C/C=C\C/C=C\C/C=C\C/C=C\C/C=C\CCCOCC(COC(=O)CCCCCCCCCCCCCCCCC)OC(=O)CCCCCCCCCCC. The van der Waals surface area contributed by atoms with Crippen molar-refractivity contribution >= 4 is 11.9 Å². The highest BCUT2D eigenvalue weighted by molar-refractivity contribution is 5.70. The summed E-state index contributed by atoms with van der Waals surface area (Å²) in [5.41, 5.74) is 0. The summed E-state index contributed by atoms with van der Waals surface area (Å²) < 4.78 is 17.3. The van der Waals surface area contributed by atoms with Crippen molar-refractivity contribution in [1.82, 2.24) is 0 Å². The standard InChI is InChI=1S/C55H96O5/c1-4-7-10-13-16-19-21-23-25-26-27-28-29-31-33-35-38-41-44-47-50-58-51-53(60-55(57)49-46-43-40-36-18-15-12-9-6-3)52-59-54(56)48-45-42-39-37-34-32-30-24-22-20-17-14-11-8-5-2/h7,10,16,19,23,25,27-28,31,33,38,41,53H,4-6,8-9,11-15,17-18,20-22,24,26,29-30,32,34-37,39-40,42-52H2,1-3H3/b10-7-,19-16-,25-23-,28-27-,33-31-,41-38-. The van der Waals surface area contributed by atoms with Crippen LogP contribution < -0.4 is 0 Å². The first-order valence-corrected chi connectivity index (χ1v) is 25.5. The average Bonchev–Trinajstić information content (AvgIpc) is 3.25. The van der Waals surface area contributed by atoms with Gasteiger partial charge in [0.2, 0.25) is 0 Å². The third-order valence-corrected chi connectivity index (χ3v) is 10.8. The zero-order valence-corrected chi connectivity index (χ0v) is 39.7. The molecular weight excluding hydrogens is 741 g/mol. The number of ether oxygens (including phenoxy) is 3. The van der Waals surface area contributed by atoms with Crippen LogP contribution in [0.3, 0.4) is 0 Å². The molecule has 0 saturated carbocycles. The van der Waals surface area contributed by atoms with E-state index >= 15 is 0 Å². The molecule has 0 rings (SSSR count). The molecule has 0 aliphatic carbocycles. The van der Waals surface area contributed by atoms with Gasteiger partial charge in [0.15, 0.2) is 6.10 Å². The highest BCUT2D eigenvalue weighted by Gasteiger charge is 2.17. The van der Waals surface area contributed by atoms with E-state index in [0.29, 0.717) is 19.4 Å². The smallest absolute Gasteiger partial charge is 0.306 e. The number of unbranched alkanes of at least 4 members (excludes halogenated alkanes) is 23. The summed E-state index contributed by atoms with van der Waals surface area (Å²) in [5.74, 6) is -0.426. The molecule has 60 heavy (non-hydrogen) atoms. The van der Waals surface area contributed by atoms with Crippen LogP contribution in [0.5, 0.6) is 0 Å². The number of rotatable bonds is 46. The van der Waals surface area contributed by atoms with Crippen molar-refractivity contribution in [3.63, 3.8) is 0 Å². The van der Waals surface area contributed by atoms with E-state index in [0.717, 1.165) is 77.0 Å². The quantitative estimate of drug-likeness (QED) is 0.0347. The van der Waals surface area contributed by atoms with Crippen molar-refractivity contribution in [2.45, 2.75) is 245 Å². The molecule has 1 unspecified atom stereocenters. The average molecular weight is 837 g/mol. The third kappa shape index (κ3) is 48.0. The Balaban J connectivity index is 4.29. The van der Waals surface area contributed by atoms with E-state index in [1.54, 1.807) is 0 Å². The summed E-state index contributed by atoms with van der Waals surface area (Å²) >= 11 is 0. The van der Waals surface area contributed by atoms with Crippen molar-refractivity contribution in [2.75, 3.05) is 19.8 Å². The number of esters is 2. The highest BCUT2D eigenvalue weighted by Crippen LogP contribution is 2.15. The number of carbonyl (C=O) groups is 2. The molecule has 0 aliphatic heterocycles. The van der Waals surface area contributed by atoms with Crippen LogP contribution >= 0.6 is 0 Å². The van der Waals surface area contributed by atoms with Crippen molar-refractivity contribution in [2.24, 2.45) is 0 Å². The molecule has 0 aromatic heterocycles. The van der Waals surface area contributed by atoms with Gasteiger partial charge in [0, 0.05) is 19.4 Å². The second-order valence-electron chi connectivity index (χ2n) is 16.7. The Morgan fingerprint density at radius 3 is 1.13 bits per heavy atom. The summed E-state index contributed by atoms with van der Waals surface area (Å²) in [6.45, 7) is 7.57. The van der Waals surface area contributed by atoms with Crippen molar-refractivity contribution in [3.8, 4) is 0 Å². The predicted octanol–water partition coefficient (Wildman–Crippen LogP) is 17.1. The van der Waals surface area contributed by atoms with Gasteiger partial charge in [-0.2, -0.15) is 0 Å². The summed E-state index contributed by atoms with van der Waals surface area (Å²) in [4.78, 5) is 25.3. The van der Waals surface area contributed by atoms with Crippen molar-refractivity contribution in [1.29, 1.82) is 0 Å². The first-order chi connectivity index (χ1) is 29.6. The van der Waals surface area contributed by atoms with Crippen molar-refractivity contribution < 1.29 is 23.8 Å². The lowest BCUT2D eigenvalue weighted by Crippen LogP contribution is -2.30. The minimum absolute atomic E-state index is 0.0637. The van der Waals surface area contributed by atoms with Crippen LogP contribution in [0.15, 0.2) is 72.9 Å². The van der Waals surface area contributed by atoms with E-state index in [-0.39, 0.29) is 25.2 Å². The van der Waals surface area contributed by atoms with Gasteiger partial charge in [-0.05, 0) is 64.2 Å². The van der Waals surface area contributed by atoms with Gasteiger partial charge >= 0.3 is 11.9 Å². The molecule has 0 saturated heterocycles. The van der Waals surface area contributed by atoms with E-state index in [9.17, 15) is 9.59 Å². The van der Waals surface area contributed by atoms with E-state index in [2.05, 4.69) is 93.7 Å². The normalized spacial score (nSPS) is 12.8. The van der Waals surface area contributed by atoms with Crippen LogP contribution in [-0.2, 0) is 23.8 Å². The number of hydrogen-bond donors (Lipinski definition) is 0. The van der Waals surface area contributed by atoms with E-state index < -0.39 is 6.10 Å². The molecule has 0 spiro atoms. The van der Waals surface area contributed by atoms with Gasteiger partial charge in [-0.15, -0.1) is 0 Å².